The quantitative estimate of drug-likeness (QED) is 0.859. The van der Waals surface area contributed by atoms with Crippen LogP contribution in [0.5, 0.6) is 0 Å². The predicted molar refractivity (Wildman–Crippen MR) is 80.1 cm³/mol. The first kappa shape index (κ1) is 13.7. The van der Waals surface area contributed by atoms with Gasteiger partial charge in [-0.3, -0.25) is 0 Å². The van der Waals surface area contributed by atoms with Gasteiger partial charge in [0.05, 0.1) is 12.0 Å². The Bertz CT molecular complexity index is 502. The summed E-state index contributed by atoms with van der Waals surface area (Å²) in [4.78, 5) is 4.47. The summed E-state index contributed by atoms with van der Waals surface area (Å²) in [5.41, 5.74) is 8.53. The third-order valence-electron chi connectivity index (χ3n) is 3.58. The lowest BCUT2D eigenvalue weighted by molar-refractivity contribution is 0.637. The molecule has 0 aliphatic rings. The molecule has 1 atom stereocenters. The van der Waals surface area contributed by atoms with Crippen molar-refractivity contribution in [2.24, 2.45) is 0 Å². The van der Waals surface area contributed by atoms with Crippen LogP contribution in [0.1, 0.15) is 43.9 Å². The molecule has 0 saturated heterocycles. The number of hydrogen-bond donors (Lipinski definition) is 1. The number of hydrogen-bond acceptors (Lipinski definition) is 2. The molecule has 1 aromatic carbocycles. The Hall–Kier alpha value is -1.77. The van der Waals surface area contributed by atoms with Gasteiger partial charge in [-0.2, -0.15) is 0 Å². The van der Waals surface area contributed by atoms with Gasteiger partial charge in [0.2, 0.25) is 0 Å². The monoisotopic (exact) mass is 257 g/mol. The van der Waals surface area contributed by atoms with Crippen LogP contribution in [-0.2, 0) is 13.0 Å². The number of benzene rings is 1. The molecule has 1 unspecified atom stereocenters. The number of aromatic nitrogens is 2. The fourth-order valence-corrected chi connectivity index (χ4v) is 2.29. The van der Waals surface area contributed by atoms with Crippen molar-refractivity contribution >= 4 is 5.82 Å². The first-order valence-electron chi connectivity index (χ1n) is 7.06. The molecule has 0 radical (unpaired) electrons. The van der Waals surface area contributed by atoms with Gasteiger partial charge >= 0.3 is 0 Å². The zero-order valence-corrected chi connectivity index (χ0v) is 11.8. The summed E-state index contributed by atoms with van der Waals surface area (Å²) in [6, 6.07) is 10.5. The van der Waals surface area contributed by atoms with Crippen molar-refractivity contribution < 1.29 is 0 Å². The molecule has 0 fully saturated rings. The average Bonchev–Trinajstić information content (AvgIpc) is 2.78. The van der Waals surface area contributed by atoms with E-state index in [1.165, 1.54) is 12.0 Å². The topological polar surface area (TPSA) is 43.8 Å². The van der Waals surface area contributed by atoms with Gasteiger partial charge < -0.3 is 10.3 Å². The number of nitrogens with two attached hydrogens (primary N) is 1. The highest BCUT2D eigenvalue weighted by Gasteiger charge is 2.12. The molecule has 0 spiro atoms. The lowest BCUT2D eigenvalue weighted by Gasteiger charge is -2.11. The van der Waals surface area contributed by atoms with Crippen LogP contribution in [0.15, 0.2) is 36.7 Å². The molecule has 0 bridgehead atoms. The van der Waals surface area contributed by atoms with E-state index in [4.69, 9.17) is 5.73 Å². The molecule has 2 N–H and O–H groups in total. The number of rotatable bonds is 6. The Kier molecular flexibility index (Phi) is 4.61. The number of nitrogen functional groups attached to an aromatic ring is 1. The number of anilines is 1. The SMILES string of the molecule is CCCCn1cnc(CC(C)c2ccccc2)c1N. The van der Waals surface area contributed by atoms with E-state index in [-0.39, 0.29) is 0 Å². The normalized spacial score (nSPS) is 12.5. The summed E-state index contributed by atoms with van der Waals surface area (Å²) < 4.78 is 2.07. The first-order chi connectivity index (χ1) is 9.22. The number of imidazole rings is 1. The smallest absolute Gasteiger partial charge is 0.126 e. The van der Waals surface area contributed by atoms with Crippen molar-refractivity contribution in [1.82, 2.24) is 9.55 Å². The van der Waals surface area contributed by atoms with Crippen LogP contribution in [-0.4, -0.2) is 9.55 Å². The molecule has 3 heteroatoms. The standard InChI is InChI=1S/C16H23N3/c1-3-4-10-19-12-18-15(16(19)17)11-13(2)14-8-6-5-7-9-14/h5-9,12-13H,3-4,10-11,17H2,1-2H3. The maximum atomic E-state index is 6.17. The Morgan fingerprint density at radius 2 is 2.00 bits per heavy atom. The molecule has 2 aromatic rings. The van der Waals surface area contributed by atoms with E-state index in [0.29, 0.717) is 5.92 Å². The molecule has 102 valence electrons. The average molecular weight is 257 g/mol. The van der Waals surface area contributed by atoms with Crippen LogP contribution < -0.4 is 5.73 Å². The summed E-state index contributed by atoms with van der Waals surface area (Å²) in [6.07, 6.45) is 5.09. The van der Waals surface area contributed by atoms with Crippen LogP contribution in [0.4, 0.5) is 5.82 Å². The highest BCUT2D eigenvalue weighted by atomic mass is 15.1. The van der Waals surface area contributed by atoms with Crippen LogP contribution in [0, 0.1) is 0 Å². The van der Waals surface area contributed by atoms with E-state index >= 15 is 0 Å². The number of aryl methyl sites for hydroxylation is 1. The second kappa shape index (κ2) is 6.41. The number of unbranched alkanes of at least 4 members (excludes halogenated alkanes) is 1. The molecule has 1 aromatic heterocycles. The molecule has 2 rings (SSSR count). The molecule has 0 amide bonds. The fraction of sp³-hybridized carbons (Fsp3) is 0.438. The first-order valence-corrected chi connectivity index (χ1v) is 7.06. The Labute approximate surface area is 115 Å². The Morgan fingerprint density at radius 1 is 1.26 bits per heavy atom. The summed E-state index contributed by atoms with van der Waals surface area (Å²) in [5.74, 6) is 1.27. The van der Waals surface area contributed by atoms with E-state index in [9.17, 15) is 0 Å². The van der Waals surface area contributed by atoms with Gasteiger partial charge in [-0.05, 0) is 24.3 Å². The minimum absolute atomic E-state index is 0.443. The highest BCUT2D eigenvalue weighted by Crippen LogP contribution is 2.22. The molecular weight excluding hydrogens is 234 g/mol. The van der Waals surface area contributed by atoms with Crippen molar-refractivity contribution in [3.05, 3.63) is 47.9 Å². The molecule has 0 saturated carbocycles. The van der Waals surface area contributed by atoms with Crippen LogP contribution >= 0.6 is 0 Å². The van der Waals surface area contributed by atoms with Gasteiger partial charge in [-0.1, -0.05) is 50.6 Å². The highest BCUT2D eigenvalue weighted by molar-refractivity contribution is 5.37. The lowest BCUT2D eigenvalue weighted by Crippen LogP contribution is -2.05. The third-order valence-corrected chi connectivity index (χ3v) is 3.58. The van der Waals surface area contributed by atoms with E-state index < -0.39 is 0 Å². The van der Waals surface area contributed by atoms with E-state index in [1.54, 1.807) is 0 Å². The van der Waals surface area contributed by atoms with Crippen molar-refractivity contribution in [3.8, 4) is 0 Å². The largest absolute Gasteiger partial charge is 0.384 e. The predicted octanol–water partition coefficient (Wildman–Crippen LogP) is 3.61. The van der Waals surface area contributed by atoms with Gasteiger partial charge in [-0.25, -0.2) is 4.98 Å². The molecule has 3 nitrogen and oxygen atoms in total. The Morgan fingerprint density at radius 3 is 2.68 bits per heavy atom. The second-order valence-corrected chi connectivity index (χ2v) is 5.14. The number of nitrogens with zero attached hydrogens (tertiary/aromatic N) is 2. The van der Waals surface area contributed by atoms with E-state index in [0.717, 1.165) is 30.9 Å². The third kappa shape index (κ3) is 3.37. The maximum Gasteiger partial charge on any atom is 0.126 e. The minimum Gasteiger partial charge on any atom is -0.384 e. The van der Waals surface area contributed by atoms with Gasteiger partial charge in [0, 0.05) is 6.54 Å². The minimum atomic E-state index is 0.443. The zero-order chi connectivity index (χ0) is 13.7. The lowest BCUT2D eigenvalue weighted by atomic mass is 9.96. The van der Waals surface area contributed by atoms with Crippen molar-refractivity contribution in [3.63, 3.8) is 0 Å². The van der Waals surface area contributed by atoms with Gasteiger partial charge in [-0.15, -0.1) is 0 Å². The van der Waals surface area contributed by atoms with Crippen LogP contribution in [0.3, 0.4) is 0 Å². The molecule has 1 heterocycles. The summed E-state index contributed by atoms with van der Waals surface area (Å²) in [7, 11) is 0. The maximum absolute atomic E-state index is 6.17. The van der Waals surface area contributed by atoms with Crippen molar-refractivity contribution in [2.45, 2.75) is 45.6 Å². The van der Waals surface area contributed by atoms with E-state index in [1.807, 2.05) is 12.4 Å². The van der Waals surface area contributed by atoms with Crippen LogP contribution in [0.2, 0.25) is 0 Å². The van der Waals surface area contributed by atoms with Crippen LogP contribution in [0.25, 0.3) is 0 Å². The zero-order valence-electron chi connectivity index (χ0n) is 11.8. The van der Waals surface area contributed by atoms with Gasteiger partial charge in [0.15, 0.2) is 0 Å². The van der Waals surface area contributed by atoms with Crippen molar-refractivity contribution in [2.75, 3.05) is 5.73 Å². The summed E-state index contributed by atoms with van der Waals surface area (Å²) in [6.45, 7) is 5.38. The van der Waals surface area contributed by atoms with E-state index in [2.05, 4.69) is 47.7 Å². The fourth-order valence-electron chi connectivity index (χ4n) is 2.29. The molecule has 19 heavy (non-hydrogen) atoms. The molecule has 0 aliphatic heterocycles. The van der Waals surface area contributed by atoms with Gasteiger partial charge in [0.1, 0.15) is 5.82 Å². The molecule has 0 aliphatic carbocycles. The Balaban J connectivity index is 2.05. The molecular formula is C16H23N3. The second-order valence-electron chi connectivity index (χ2n) is 5.14. The van der Waals surface area contributed by atoms with Gasteiger partial charge in [0.25, 0.3) is 0 Å². The summed E-state index contributed by atoms with van der Waals surface area (Å²) >= 11 is 0. The van der Waals surface area contributed by atoms with Crippen molar-refractivity contribution in [1.29, 1.82) is 0 Å². The summed E-state index contributed by atoms with van der Waals surface area (Å²) in [5, 5.41) is 0.